The maximum absolute atomic E-state index is 11.1. The minimum Gasteiger partial charge on any atom is -0.394 e. The molecule has 0 aliphatic carbocycles. The first-order valence-corrected chi connectivity index (χ1v) is 4.88. The molecule has 0 spiro atoms. The van der Waals surface area contributed by atoms with E-state index in [0.29, 0.717) is 0 Å². The predicted molar refractivity (Wildman–Crippen MR) is 57.1 cm³/mol. The number of aliphatic hydroxyl groups excluding tert-OH is 4. The maximum atomic E-state index is 11.1. The molecule has 0 aromatic heterocycles. The highest BCUT2D eigenvalue weighted by Crippen LogP contribution is 2.03. The molecule has 0 aromatic carbocycles. The SMILES string of the molecule is [N-]=[N+]=NCC(=O)NC(C=O)C(O)C(O)C(O)CO. The molecule has 18 heavy (non-hydrogen) atoms. The number of carbonyl (C=O) groups is 2. The van der Waals surface area contributed by atoms with Gasteiger partial charge in [-0.25, -0.2) is 0 Å². The number of nitrogens with zero attached hydrogens (tertiary/aromatic N) is 3. The zero-order valence-electron chi connectivity index (χ0n) is 9.25. The minimum absolute atomic E-state index is 0.145. The molecular weight excluding hydrogens is 248 g/mol. The van der Waals surface area contributed by atoms with Crippen LogP contribution in [0.3, 0.4) is 0 Å². The number of nitrogens with one attached hydrogen (secondary N) is 1. The van der Waals surface area contributed by atoms with Gasteiger partial charge in [-0.15, -0.1) is 0 Å². The van der Waals surface area contributed by atoms with Gasteiger partial charge in [0.25, 0.3) is 0 Å². The lowest BCUT2D eigenvalue weighted by Crippen LogP contribution is -2.53. The van der Waals surface area contributed by atoms with Crippen LogP contribution in [0.15, 0.2) is 5.11 Å². The number of amides is 1. The molecule has 0 fully saturated rings. The second-order valence-electron chi connectivity index (χ2n) is 3.35. The highest BCUT2D eigenvalue weighted by molar-refractivity contribution is 5.81. The summed E-state index contributed by atoms with van der Waals surface area (Å²) < 4.78 is 0. The summed E-state index contributed by atoms with van der Waals surface area (Å²) in [4.78, 5) is 24.1. The number of hydrogen-bond donors (Lipinski definition) is 5. The Labute approximate surface area is 101 Å². The zero-order valence-corrected chi connectivity index (χ0v) is 9.25. The van der Waals surface area contributed by atoms with Crippen LogP contribution in [0.4, 0.5) is 0 Å². The summed E-state index contributed by atoms with van der Waals surface area (Å²) in [5.41, 5.74) is 7.97. The van der Waals surface area contributed by atoms with Crippen LogP contribution in [0.25, 0.3) is 10.4 Å². The smallest absolute Gasteiger partial charge is 0.226 e. The molecule has 0 aromatic rings. The molecule has 0 heterocycles. The van der Waals surface area contributed by atoms with E-state index in [1.54, 1.807) is 0 Å². The molecular formula is C8H14N4O6. The van der Waals surface area contributed by atoms with Crippen molar-refractivity contribution < 1.29 is 30.0 Å². The topological polar surface area (TPSA) is 176 Å². The molecule has 0 aliphatic rings. The van der Waals surface area contributed by atoms with Crippen LogP contribution in [-0.2, 0) is 9.59 Å². The summed E-state index contributed by atoms with van der Waals surface area (Å²) in [6.07, 6.45) is -5.13. The van der Waals surface area contributed by atoms with E-state index in [1.165, 1.54) is 0 Å². The normalized spacial score (nSPS) is 16.9. The lowest BCUT2D eigenvalue weighted by atomic mass is 10.0. The van der Waals surface area contributed by atoms with Crippen molar-refractivity contribution in [2.24, 2.45) is 5.11 Å². The predicted octanol–water partition coefficient (Wildman–Crippen LogP) is -2.94. The van der Waals surface area contributed by atoms with E-state index < -0.39 is 43.4 Å². The first-order valence-electron chi connectivity index (χ1n) is 4.88. The van der Waals surface area contributed by atoms with Gasteiger partial charge in [-0.2, -0.15) is 0 Å². The fourth-order valence-corrected chi connectivity index (χ4v) is 1.08. The van der Waals surface area contributed by atoms with Gasteiger partial charge in [-0.05, 0) is 5.53 Å². The molecule has 0 rings (SSSR count). The van der Waals surface area contributed by atoms with Crippen molar-refractivity contribution in [3.05, 3.63) is 10.4 Å². The number of azide groups is 1. The highest BCUT2D eigenvalue weighted by atomic mass is 16.4. The molecule has 0 saturated heterocycles. The van der Waals surface area contributed by atoms with Crippen molar-refractivity contribution in [2.75, 3.05) is 13.2 Å². The summed E-state index contributed by atoms with van der Waals surface area (Å²) in [6, 6.07) is -1.50. The quantitative estimate of drug-likeness (QED) is 0.135. The largest absolute Gasteiger partial charge is 0.394 e. The van der Waals surface area contributed by atoms with Crippen molar-refractivity contribution in [3.8, 4) is 0 Å². The van der Waals surface area contributed by atoms with Crippen molar-refractivity contribution in [3.63, 3.8) is 0 Å². The van der Waals surface area contributed by atoms with E-state index in [9.17, 15) is 19.8 Å². The number of aldehydes is 1. The van der Waals surface area contributed by atoms with Crippen molar-refractivity contribution in [1.29, 1.82) is 0 Å². The summed E-state index contributed by atoms with van der Waals surface area (Å²) in [7, 11) is 0. The molecule has 0 saturated carbocycles. The van der Waals surface area contributed by atoms with Gasteiger partial charge in [0.05, 0.1) is 6.61 Å². The lowest BCUT2D eigenvalue weighted by Gasteiger charge is -2.26. The second kappa shape index (κ2) is 8.39. The zero-order chi connectivity index (χ0) is 14.1. The van der Waals surface area contributed by atoms with Gasteiger partial charge in [0.1, 0.15) is 37.2 Å². The average Bonchev–Trinajstić information content (AvgIpc) is 2.39. The third-order valence-electron chi connectivity index (χ3n) is 2.05. The van der Waals surface area contributed by atoms with Crippen LogP contribution in [0, 0.1) is 0 Å². The Balaban J connectivity index is 4.52. The van der Waals surface area contributed by atoms with Gasteiger partial charge < -0.3 is 30.5 Å². The number of hydrogen-bond acceptors (Lipinski definition) is 7. The molecule has 1 amide bonds. The standard InChI is InChI=1S/C8H14N4O6/c9-12-10-1-6(16)11-4(2-13)7(17)8(18)5(15)3-14/h2,4-5,7-8,14-15,17-18H,1,3H2,(H,11,16). The first-order chi connectivity index (χ1) is 8.47. The van der Waals surface area contributed by atoms with Crippen LogP contribution < -0.4 is 5.32 Å². The molecule has 5 N–H and O–H groups in total. The van der Waals surface area contributed by atoms with E-state index in [4.69, 9.17) is 15.7 Å². The van der Waals surface area contributed by atoms with E-state index in [0.717, 1.165) is 0 Å². The third-order valence-corrected chi connectivity index (χ3v) is 2.05. The van der Waals surface area contributed by atoms with E-state index >= 15 is 0 Å². The van der Waals surface area contributed by atoms with E-state index in [-0.39, 0.29) is 6.29 Å². The van der Waals surface area contributed by atoms with Gasteiger partial charge in [0.2, 0.25) is 5.91 Å². The third kappa shape index (κ3) is 5.08. The summed E-state index contributed by atoms with van der Waals surface area (Å²) in [6.45, 7) is -1.40. The first kappa shape index (κ1) is 16.3. The van der Waals surface area contributed by atoms with Crippen LogP contribution in [0.2, 0.25) is 0 Å². The van der Waals surface area contributed by atoms with Crippen molar-refractivity contribution in [1.82, 2.24) is 5.32 Å². The van der Waals surface area contributed by atoms with E-state index in [2.05, 4.69) is 10.0 Å². The van der Waals surface area contributed by atoms with Crippen molar-refractivity contribution in [2.45, 2.75) is 24.4 Å². The minimum atomic E-state index is -1.81. The Kier molecular flexibility index (Phi) is 7.59. The van der Waals surface area contributed by atoms with Gasteiger partial charge in [0, 0.05) is 4.91 Å². The van der Waals surface area contributed by atoms with Gasteiger partial charge in [-0.1, -0.05) is 5.11 Å². The number of aliphatic hydroxyl groups is 4. The number of rotatable bonds is 8. The highest BCUT2D eigenvalue weighted by Gasteiger charge is 2.31. The monoisotopic (exact) mass is 262 g/mol. The molecule has 4 atom stereocenters. The maximum Gasteiger partial charge on any atom is 0.226 e. The Morgan fingerprint density at radius 3 is 2.44 bits per heavy atom. The fraction of sp³-hybridized carbons (Fsp3) is 0.750. The Hall–Kier alpha value is -1.71. The van der Waals surface area contributed by atoms with Gasteiger partial charge in [0.15, 0.2) is 0 Å². The molecule has 0 bridgehead atoms. The summed E-state index contributed by atoms with van der Waals surface area (Å²) in [5, 5.41) is 41.3. The van der Waals surface area contributed by atoms with Gasteiger partial charge in [-0.3, -0.25) is 4.79 Å². The summed E-state index contributed by atoms with van der Waals surface area (Å²) in [5.74, 6) is -0.838. The lowest BCUT2D eigenvalue weighted by molar-refractivity contribution is -0.130. The molecule has 102 valence electrons. The van der Waals surface area contributed by atoms with Crippen molar-refractivity contribution >= 4 is 12.2 Å². The molecule has 10 nitrogen and oxygen atoms in total. The average molecular weight is 262 g/mol. The van der Waals surface area contributed by atoms with E-state index in [1.807, 2.05) is 5.32 Å². The molecule has 10 heteroatoms. The second-order valence-corrected chi connectivity index (χ2v) is 3.35. The Morgan fingerprint density at radius 2 is 2.00 bits per heavy atom. The number of carbonyl (C=O) groups excluding carboxylic acids is 2. The Bertz CT molecular complexity index is 332. The molecule has 4 unspecified atom stereocenters. The summed E-state index contributed by atoms with van der Waals surface area (Å²) >= 11 is 0. The van der Waals surface area contributed by atoms with Crippen LogP contribution in [-0.4, -0.2) is 70.1 Å². The van der Waals surface area contributed by atoms with Crippen LogP contribution in [0.5, 0.6) is 0 Å². The van der Waals surface area contributed by atoms with Crippen LogP contribution in [0.1, 0.15) is 0 Å². The van der Waals surface area contributed by atoms with Gasteiger partial charge >= 0.3 is 0 Å². The van der Waals surface area contributed by atoms with Crippen LogP contribution >= 0.6 is 0 Å². The molecule has 0 aliphatic heterocycles. The molecule has 0 radical (unpaired) electrons. The Morgan fingerprint density at radius 1 is 1.39 bits per heavy atom. The fourth-order valence-electron chi connectivity index (χ4n) is 1.08.